The lowest BCUT2D eigenvalue weighted by Crippen LogP contribution is -2.43. The minimum Gasteiger partial charge on any atom is -0.394 e. The van der Waals surface area contributed by atoms with E-state index in [4.69, 9.17) is 0 Å². The zero-order chi connectivity index (χ0) is 14.6. The van der Waals surface area contributed by atoms with Crippen LogP contribution < -0.4 is 0 Å². The lowest BCUT2D eigenvalue weighted by Gasteiger charge is -2.28. The van der Waals surface area contributed by atoms with Crippen molar-refractivity contribution in [2.24, 2.45) is 0 Å². The molecule has 2 atom stereocenters. The van der Waals surface area contributed by atoms with E-state index in [2.05, 4.69) is 0 Å². The van der Waals surface area contributed by atoms with Crippen molar-refractivity contribution < 1.29 is 18.3 Å². The predicted molar refractivity (Wildman–Crippen MR) is 80.6 cm³/mol. The van der Waals surface area contributed by atoms with E-state index in [1.165, 1.54) is 11.8 Å². The number of likely N-dealkylation sites (tertiary alicyclic amines) is 1. The molecule has 20 heavy (non-hydrogen) atoms. The number of carbonyl (C=O) groups is 1. The zero-order valence-corrected chi connectivity index (χ0v) is 13.3. The van der Waals surface area contributed by atoms with Crippen LogP contribution in [0.2, 0.25) is 0 Å². The summed E-state index contributed by atoms with van der Waals surface area (Å²) in [5.41, 5.74) is 0. The van der Waals surface area contributed by atoms with Crippen LogP contribution in [0.25, 0.3) is 0 Å². The van der Waals surface area contributed by atoms with Crippen molar-refractivity contribution in [3.05, 3.63) is 0 Å². The van der Waals surface area contributed by atoms with Gasteiger partial charge in [0.05, 0.1) is 29.9 Å². The number of nitrogens with zero attached hydrogens (tertiary/aromatic N) is 1. The van der Waals surface area contributed by atoms with Crippen molar-refractivity contribution in [3.8, 4) is 0 Å². The average molecular weight is 321 g/mol. The molecule has 2 aliphatic heterocycles. The minimum absolute atomic E-state index is 0.0220. The maximum atomic E-state index is 12.3. The smallest absolute Gasteiger partial charge is 0.232 e. The molecule has 1 N–H and O–H groups in total. The summed E-state index contributed by atoms with van der Waals surface area (Å²) in [4.78, 5) is 14.1. The van der Waals surface area contributed by atoms with Gasteiger partial charge in [0.25, 0.3) is 0 Å². The van der Waals surface area contributed by atoms with Gasteiger partial charge in [-0.25, -0.2) is 8.42 Å². The van der Waals surface area contributed by atoms with Gasteiger partial charge < -0.3 is 10.0 Å². The molecule has 0 aromatic rings. The van der Waals surface area contributed by atoms with Crippen molar-refractivity contribution in [2.45, 2.75) is 43.4 Å². The Hall–Kier alpha value is -0.270. The van der Waals surface area contributed by atoms with Gasteiger partial charge in [0.15, 0.2) is 9.84 Å². The predicted octanol–water partition coefficient (Wildman–Crippen LogP) is 0.670. The Bertz CT molecular complexity index is 438. The Labute approximate surface area is 125 Å². The van der Waals surface area contributed by atoms with Gasteiger partial charge in [0.1, 0.15) is 0 Å². The van der Waals surface area contributed by atoms with Crippen LogP contribution in [-0.4, -0.2) is 66.0 Å². The number of amides is 1. The Morgan fingerprint density at radius 3 is 2.70 bits per heavy atom. The molecule has 2 rings (SSSR count). The lowest BCUT2D eigenvalue weighted by atomic mass is 10.1. The first-order valence-corrected chi connectivity index (χ1v) is 10.1. The first kappa shape index (κ1) is 16.1. The maximum Gasteiger partial charge on any atom is 0.232 e. The first-order chi connectivity index (χ1) is 9.52. The van der Waals surface area contributed by atoms with Crippen LogP contribution in [0.1, 0.15) is 32.1 Å². The van der Waals surface area contributed by atoms with E-state index in [1.807, 2.05) is 0 Å². The molecule has 2 aliphatic rings. The zero-order valence-electron chi connectivity index (χ0n) is 11.7. The molecule has 0 aromatic heterocycles. The highest BCUT2D eigenvalue weighted by molar-refractivity contribution is 8.02. The van der Waals surface area contributed by atoms with Gasteiger partial charge >= 0.3 is 0 Å². The number of hydrogen-bond donors (Lipinski definition) is 1. The summed E-state index contributed by atoms with van der Waals surface area (Å²) >= 11 is 1.46. The second-order valence-corrected chi connectivity index (χ2v) is 9.13. The number of sulfone groups is 1. The standard InChI is InChI=1S/C13H23NO4S2/c15-8-11-4-2-1-3-6-14(11)13(16)9-19-12-5-7-20(17,18)10-12/h11-12,15H,1-10H2. The largest absolute Gasteiger partial charge is 0.394 e. The van der Waals surface area contributed by atoms with Crippen LogP contribution in [0.15, 0.2) is 0 Å². The first-order valence-electron chi connectivity index (χ1n) is 7.24. The van der Waals surface area contributed by atoms with Crippen molar-refractivity contribution in [1.29, 1.82) is 0 Å². The molecule has 7 heteroatoms. The van der Waals surface area contributed by atoms with Crippen LogP contribution in [-0.2, 0) is 14.6 Å². The fourth-order valence-electron chi connectivity index (χ4n) is 2.86. The van der Waals surface area contributed by atoms with Gasteiger partial charge in [-0.15, -0.1) is 11.8 Å². The summed E-state index contributed by atoms with van der Waals surface area (Å²) in [6.07, 6.45) is 4.68. The molecule has 2 unspecified atom stereocenters. The number of thioether (sulfide) groups is 1. The van der Waals surface area contributed by atoms with Crippen LogP contribution in [0.4, 0.5) is 0 Å². The summed E-state index contributed by atoms with van der Waals surface area (Å²) < 4.78 is 22.8. The number of hydrogen-bond acceptors (Lipinski definition) is 5. The Kier molecular flexibility index (Phi) is 5.74. The molecule has 0 saturated carbocycles. The number of rotatable bonds is 4. The third-order valence-electron chi connectivity index (χ3n) is 4.04. The molecule has 116 valence electrons. The Morgan fingerprint density at radius 2 is 2.05 bits per heavy atom. The van der Waals surface area contributed by atoms with Crippen LogP contribution in [0.5, 0.6) is 0 Å². The number of carbonyl (C=O) groups excluding carboxylic acids is 1. The quantitative estimate of drug-likeness (QED) is 0.824. The molecule has 0 aliphatic carbocycles. The van der Waals surface area contributed by atoms with E-state index in [-0.39, 0.29) is 35.3 Å². The van der Waals surface area contributed by atoms with E-state index in [1.54, 1.807) is 4.90 Å². The summed E-state index contributed by atoms with van der Waals surface area (Å²) in [7, 11) is -2.88. The van der Waals surface area contributed by atoms with Crippen LogP contribution in [0, 0.1) is 0 Å². The van der Waals surface area contributed by atoms with E-state index >= 15 is 0 Å². The molecular weight excluding hydrogens is 298 g/mol. The lowest BCUT2D eigenvalue weighted by molar-refractivity contribution is -0.131. The minimum atomic E-state index is -2.88. The molecule has 2 saturated heterocycles. The molecule has 5 nitrogen and oxygen atoms in total. The third-order valence-corrected chi connectivity index (χ3v) is 7.31. The fourth-order valence-corrected chi connectivity index (χ4v) is 6.39. The summed E-state index contributed by atoms with van der Waals surface area (Å²) in [6, 6.07) is -0.0575. The van der Waals surface area contributed by atoms with Gasteiger partial charge in [-0.1, -0.05) is 12.8 Å². The van der Waals surface area contributed by atoms with Gasteiger partial charge in [0.2, 0.25) is 5.91 Å². The fraction of sp³-hybridized carbons (Fsp3) is 0.923. The molecule has 1 amide bonds. The molecule has 0 radical (unpaired) electrons. The highest BCUT2D eigenvalue weighted by Crippen LogP contribution is 2.25. The summed E-state index contributed by atoms with van der Waals surface area (Å²) in [6.45, 7) is 0.738. The third kappa shape index (κ3) is 4.36. The topological polar surface area (TPSA) is 74.7 Å². The van der Waals surface area contributed by atoms with Gasteiger partial charge in [-0.05, 0) is 19.3 Å². The van der Waals surface area contributed by atoms with Crippen molar-refractivity contribution in [1.82, 2.24) is 4.90 Å². The SMILES string of the molecule is O=C(CSC1CCS(=O)(=O)C1)N1CCCCCC1CO. The van der Waals surface area contributed by atoms with Crippen LogP contribution >= 0.6 is 11.8 Å². The monoisotopic (exact) mass is 321 g/mol. The van der Waals surface area contributed by atoms with Gasteiger partial charge in [-0.3, -0.25) is 4.79 Å². The average Bonchev–Trinajstić information content (AvgIpc) is 2.64. The summed E-state index contributed by atoms with van der Waals surface area (Å²) in [5.74, 6) is 0.827. The second-order valence-electron chi connectivity index (χ2n) is 5.61. The second kappa shape index (κ2) is 7.13. The van der Waals surface area contributed by atoms with Crippen LogP contribution in [0.3, 0.4) is 0 Å². The van der Waals surface area contributed by atoms with E-state index < -0.39 is 9.84 Å². The van der Waals surface area contributed by atoms with Gasteiger partial charge in [-0.2, -0.15) is 0 Å². The van der Waals surface area contributed by atoms with E-state index in [9.17, 15) is 18.3 Å². The molecule has 2 heterocycles. The van der Waals surface area contributed by atoms with E-state index in [0.29, 0.717) is 18.7 Å². The highest BCUT2D eigenvalue weighted by atomic mass is 32.2. The Balaban J connectivity index is 1.84. The maximum absolute atomic E-state index is 12.3. The molecule has 0 bridgehead atoms. The number of aliphatic hydroxyl groups is 1. The molecule has 2 fully saturated rings. The van der Waals surface area contributed by atoms with Crippen molar-refractivity contribution >= 4 is 27.5 Å². The normalized spacial score (nSPS) is 30.1. The van der Waals surface area contributed by atoms with Crippen molar-refractivity contribution in [3.63, 3.8) is 0 Å². The van der Waals surface area contributed by atoms with Crippen molar-refractivity contribution in [2.75, 3.05) is 30.4 Å². The Morgan fingerprint density at radius 1 is 1.25 bits per heavy atom. The summed E-state index contributed by atoms with van der Waals surface area (Å²) in [5, 5.41) is 9.46. The highest BCUT2D eigenvalue weighted by Gasteiger charge is 2.30. The molecular formula is C13H23NO4S2. The van der Waals surface area contributed by atoms with E-state index in [0.717, 1.165) is 25.7 Å². The number of aliphatic hydroxyl groups excluding tert-OH is 1. The molecule has 0 spiro atoms. The van der Waals surface area contributed by atoms with Gasteiger partial charge in [0, 0.05) is 11.8 Å². The molecule has 0 aromatic carbocycles.